The molecule has 0 atom stereocenters. The van der Waals surface area contributed by atoms with E-state index in [1.165, 1.54) is 12.1 Å². The SMILES string of the molecule is Cl.O=C(c1ccc(C2CCNCC2)cc1OC(F)(F)F)N1CCC(F)(F)CC1. The van der Waals surface area contributed by atoms with Crippen LogP contribution >= 0.6 is 12.4 Å². The number of hydrogen-bond donors (Lipinski definition) is 1. The Balaban J connectivity index is 0.00000280. The van der Waals surface area contributed by atoms with Crippen LogP contribution in [0.3, 0.4) is 0 Å². The molecule has 3 rings (SSSR count). The first kappa shape index (κ1) is 22.7. The van der Waals surface area contributed by atoms with Crippen LogP contribution in [0.2, 0.25) is 0 Å². The van der Waals surface area contributed by atoms with E-state index >= 15 is 0 Å². The van der Waals surface area contributed by atoms with Crippen molar-refractivity contribution in [3.63, 3.8) is 0 Å². The van der Waals surface area contributed by atoms with E-state index in [0.29, 0.717) is 5.56 Å². The number of ether oxygens (including phenoxy) is 1. The molecule has 0 aliphatic carbocycles. The average molecular weight is 429 g/mol. The number of hydrogen-bond acceptors (Lipinski definition) is 3. The van der Waals surface area contributed by atoms with Gasteiger partial charge >= 0.3 is 6.36 Å². The molecule has 1 aromatic carbocycles. The molecule has 0 saturated carbocycles. The highest BCUT2D eigenvalue weighted by Gasteiger charge is 2.38. The molecule has 0 bridgehead atoms. The van der Waals surface area contributed by atoms with E-state index in [0.717, 1.165) is 30.8 Å². The molecule has 2 heterocycles. The Kier molecular flexibility index (Phi) is 7.14. The number of amides is 1. The number of benzene rings is 1. The summed E-state index contributed by atoms with van der Waals surface area (Å²) in [6.45, 7) is 1.13. The number of halogens is 6. The number of piperidine rings is 2. The summed E-state index contributed by atoms with van der Waals surface area (Å²) in [5.74, 6) is -4.05. The van der Waals surface area contributed by atoms with Crippen LogP contribution in [0, 0.1) is 0 Å². The summed E-state index contributed by atoms with van der Waals surface area (Å²) in [5.41, 5.74) is 0.424. The molecule has 1 N–H and O–H groups in total. The van der Waals surface area contributed by atoms with Crippen LogP contribution in [0.25, 0.3) is 0 Å². The smallest absolute Gasteiger partial charge is 0.405 e. The molecule has 10 heteroatoms. The molecule has 4 nitrogen and oxygen atoms in total. The Hall–Kier alpha value is -1.61. The lowest BCUT2D eigenvalue weighted by molar-refractivity contribution is -0.274. The van der Waals surface area contributed by atoms with Crippen molar-refractivity contribution < 1.29 is 31.5 Å². The van der Waals surface area contributed by atoms with Crippen molar-refractivity contribution in [2.75, 3.05) is 26.2 Å². The van der Waals surface area contributed by atoms with Crippen LogP contribution in [0.15, 0.2) is 18.2 Å². The number of carbonyl (C=O) groups is 1. The number of likely N-dealkylation sites (tertiary alicyclic amines) is 1. The second kappa shape index (κ2) is 8.82. The highest BCUT2D eigenvalue weighted by molar-refractivity contribution is 5.97. The van der Waals surface area contributed by atoms with Gasteiger partial charge in [0.25, 0.3) is 11.8 Å². The van der Waals surface area contributed by atoms with Gasteiger partial charge in [-0.3, -0.25) is 4.79 Å². The van der Waals surface area contributed by atoms with E-state index in [1.807, 2.05) is 0 Å². The molecule has 2 aliphatic heterocycles. The van der Waals surface area contributed by atoms with Crippen molar-refractivity contribution in [2.45, 2.75) is 43.9 Å². The molecular weight excluding hydrogens is 407 g/mol. The van der Waals surface area contributed by atoms with Crippen LogP contribution < -0.4 is 10.1 Å². The second-order valence-electron chi connectivity index (χ2n) is 6.98. The monoisotopic (exact) mass is 428 g/mol. The Bertz CT molecular complexity index is 683. The summed E-state index contributed by atoms with van der Waals surface area (Å²) >= 11 is 0. The molecule has 28 heavy (non-hydrogen) atoms. The molecule has 1 aromatic rings. The average Bonchev–Trinajstić information content (AvgIpc) is 2.60. The predicted octanol–water partition coefficient (Wildman–Crippen LogP) is 4.35. The zero-order chi connectivity index (χ0) is 19.7. The summed E-state index contributed by atoms with van der Waals surface area (Å²) in [7, 11) is 0. The molecule has 2 fully saturated rings. The van der Waals surface area contributed by atoms with Crippen molar-refractivity contribution in [3.05, 3.63) is 29.3 Å². The van der Waals surface area contributed by atoms with E-state index in [2.05, 4.69) is 10.1 Å². The first-order chi connectivity index (χ1) is 12.6. The lowest BCUT2D eigenvalue weighted by Crippen LogP contribution is -2.43. The van der Waals surface area contributed by atoms with Gasteiger partial charge in [-0.1, -0.05) is 6.07 Å². The van der Waals surface area contributed by atoms with Gasteiger partial charge in [-0.25, -0.2) is 8.78 Å². The number of carbonyl (C=O) groups excluding carboxylic acids is 1. The minimum Gasteiger partial charge on any atom is -0.405 e. The third-order valence-corrected chi connectivity index (χ3v) is 5.05. The molecule has 1 amide bonds. The van der Waals surface area contributed by atoms with Crippen LogP contribution in [0.4, 0.5) is 22.0 Å². The maximum absolute atomic E-state index is 13.3. The van der Waals surface area contributed by atoms with Crippen LogP contribution in [-0.4, -0.2) is 49.3 Å². The van der Waals surface area contributed by atoms with Crippen molar-refractivity contribution >= 4 is 18.3 Å². The minimum atomic E-state index is -4.95. The van der Waals surface area contributed by atoms with Gasteiger partial charge in [0.2, 0.25) is 0 Å². The summed E-state index contributed by atoms with van der Waals surface area (Å²) in [6.07, 6.45) is -4.39. The summed E-state index contributed by atoms with van der Waals surface area (Å²) in [4.78, 5) is 13.8. The Morgan fingerprint density at radius 1 is 1.14 bits per heavy atom. The molecule has 158 valence electrons. The van der Waals surface area contributed by atoms with Crippen LogP contribution in [0.1, 0.15) is 47.5 Å². The molecule has 2 aliphatic rings. The van der Waals surface area contributed by atoms with Crippen molar-refractivity contribution in [2.24, 2.45) is 0 Å². The second-order valence-corrected chi connectivity index (χ2v) is 6.98. The zero-order valence-electron chi connectivity index (χ0n) is 15.0. The fourth-order valence-electron chi connectivity index (χ4n) is 3.54. The van der Waals surface area contributed by atoms with E-state index in [1.54, 1.807) is 6.07 Å². The summed E-state index contributed by atoms with van der Waals surface area (Å²) in [6, 6.07) is 4.20. The van der Waals surface area contributed by atoms with Gasteiger partial charge in [0.05, 0.1) is 5.56 Å². The number of alkyl halides is 5. The third-order valence-electron chi connectivity index (χ3n) is 5.05. The van der Waals surface area contributed by atoms with Gasteiger partial charge in [-0.2, -0.15) is 0 Å². The van der Waals surface area contributed by atoms with Gasteiger partial charge in [0.1, 0.15) is 5.75 Å². The van der Waals surface area contributed by atoms with Crippen molar-refractivity contribution in [1.82, 2.24) is 10.2 Å². The van der Waals surface area contributed by atoms with Crippen molar-refractivity contribution in [3.8, 4) is 5.75 Å². The standard InChI is InChI=1S/C18H21F5N2O2.ClH/c19-17(20)5-9-25(10-6-17)16(26)14-2-1-13(12-3-7-24-8-4-12)11-15(14)27-18(21,22)23;/h1-2,11-12,24H,3-10H2;1H. The van der Waals surface area contributed by atoms with E-state index in [4.69, 9.17) is 0 Å². The predicted molar refractivity (Wildman–Crippen MR) is 95.3 cm³/mol. The van der Waals surface area contributed by atoms with Crippen LogP contribution in [0.5, 0.6) is 5.75 Å². The van der Waals surface area contributed by atoms with E-state index in [9.17, 15) is 26.7 Å². The highest BCUT2D eigenvalue weighted by atomic mass is 35.5. The van der Waals surface area contributed by atoms with E-state index in [-0.39, 0.29) is 37.0 Å². The fourth-order valence-corrected chi connectivity index (χ4v) is 3.54. The largest absolute Gasteiger partial charge is 0.573 e. The van der Waals surface area contributed by atoms with E-state index < -0.39 is 36.8 Å². The van der Waals surface area contributed by atoms with Crippen molar-refractivity contribution in [1.29, 1.82) is 0 Å². The topological polar surface area (TPSA) is 41.6 Å². The molecule has 2 saturated heterocycles. The maximum atomic E-state index is 13.3. The molecule has 0 aromatic heterocycles. The molecular formula is C18H22ClF5N2O2. The quantitative estimate of drug-likeness (QED) is 0.728. The molecule has 0 spiro atoms. The maximum Gasteiger partial charge on any atom is 0.573 e. The van der Waals surface area contributed by atoms with Gasteiger partial charge in [0, 0.05) is 25.9 Å². The van der Waals surface area contributed by atoms with Crippen LogP contribution in [-0.2, 0) is 0 Å². The number of nitrogens with zero attached hydrogens (tertiary/aromatic N) is 1. The Morgan fingerprint density at radius 3 is 2.32 bits per heavy atom. The normalized spacial score (nSPS) is 20.4. The van der Waals surface area contributed by atoms with Gasteiger partial charge < -0.3 is 15.0 Å². The number of nitrogens with one attached hydrogen (secondary N) is 1. The lowest BCUT2D eigenvalue weighted by atomic mass is 9.89. The highest BCUT2D eigenvalue weighted by Crippen LogP contribution is 2.35. The first-order valence-corrected chi connectivity index (χ1v) is 8.92. The third kappa shape index (κ3) is 5.70. The zero-order valence-corrected chi connectivity index (χ0v) is 15.8. The number of rotatable bonds is 3. The summed E-state index contributed by atoms with van der Waals surface area (Å²) < 4.78 is 69.2. The Morgan fingerprint density at radius 2 is 1.75 bits per heavy atom. The minimum absolute atomic E-state index is 0. The first-order valence-electron chi connectivity index (χ1n) is 8.92. The van der Waals surface area contributed by atoms with Gasteiger partial charge in [-0.05, 0) is 49.5 Å². The molecule has 0 unspecified atom stereocenters. The molecule has 0 radical (unpaired) electrons. The Labute approximate surface area is 165 Å². The lowest BCUT2D eigenvalue weighted by Gasteiger charge is -2.32. The fraction of sp³-hybridized carbons (Fsp3) is 0.611. The summed E-state index contributed by atoms with van der Waals surface area (Å²) in [5, 5.41) is 3.18. The van der Waals surface area contributed by atoms with Gasteiger partial charge in [0.15, 0.2) is 0 Å². The van der Waals surface area contributed by atoms with Gasteiger partial charge in [-0.15, -0.1) is 25.6 Å².